The first-order valence-electron chi connectivity index (χ1n) is 5.85. The van der Waals surface area contributed by atoms with Gasteiger partial charge < -0.3 is 5.11 Å². The van der Waals surface area contributed by atoms with Gasteiger partial charge in [-0.15, -0.1) is 0 Å². The number of rotatable bonds is 3. The normalized spacial score (nSPS) is 12.5. The predicted octanol–water partition coefficient (Wildman–Crippen LogP) is 5.23. The third kappa shape index (κ3) is 3.64. The predicted molar refractivity (Wildman–Crippen MR) is 81.3 cm³/mol. The van der Waals surface area contributed by atoms with Crippen LogP contribution < -0.4 is 0 Å². The molecule has 0 aromatic heterocycles. The van der Waals surface area contributed by atoms with E-state index in [2.05, 4.69) is 0 Å². The summed E-state index contributed by atoms with van der Waals surface area (Å²) in [5, 5.41) is 11.9. The Labute approximate surface area is 127 Å². The third-order valence-corrected chi connectivity index (χ3v) is 3.86. The summed E-state index contributed by atoms with van der Waals surface area (Å²) >= 11 is 18.1. The van der Waals surface area contributed by atoms with Crippen molar-refractivity contribution in [3.05, 3.63) is 68.2 Å². The van der Waals surface area contributed by atoms with E-state index in [-0.39, 0.29) is 0 Å². The first kappa shape index (κ1) is 14.7. The van der Waals surface area contributed by atoms with Gasteiger partial charge in [-0.2, -0.15) is 0 Å². The van der Waals surface area contributed by atoms with Gasteiger partial charge in [0.15, 0.2) is 0 Å². The average Bonchev–Trinajstić information content (AvgIpc) is 2.32. The van der Waals surface area contributed by atoms with Gasteiger partial charge in [0.2, 0.25) is 0 Å². The van der Waals surface area contributed by atoms with E-state index in [0.717, 1.165) is 11.1 Å². The molecule has 0 heterocycles. The number of aliphatic hydroxyl groups excluding tert-OH is 1. The Morgan fingerprint density at radius 1 is 1.00 bits per heavy atom. The summed E-state index contributed by atoms with van der Waals surface area (Å²) in [5.74, 6) is 0. The molecule has 0 aliphatic heterocycles. The molecule has 1 atom stereocenters. The summed E-state index contributed by atoms with van der Waals surface area (Å²) in [4.78, 5) is 0. The number of benzene rings is 2. The molecule has 2 aromatic carbocycles. The van der Waals surface area contributed by atoms with Crippen molar-refractivity contribution in [3.8, 4) is 0 Å². The van der Waals surface area contributed by atoms with Crippen molar-refractivity contribution in [1.29, 1.82) is 0 Å². The number of aryl methyl sites for hydroxylation is 1. The van der Waals surface area contributed by atoms with Gasteiger partial charge in [0.05, 0.1) is 6.10 Å². The highest BCUT2D eigenvalue weighted by Crippen LogP contribution is 2.30. The van der Waals surface area contributed by atoms with Crippen LogP contribution in [-0.2, 0) is 6.42 Å². The van der Waals surface area contributed by atoms with Crippen LogP contribution in [0.1, 0.15) is 22.8 Å². The van der Waals surface area contributed by atoms with Crippen molar-refractivity contribution in [2.45, 2.75) is 19.4 Å². The Morgan fingerprint density at radius 3 is 2.37 bits per heavy atom. The molecule has 0 aliphatic rings. The maximum atomic E-state index is 10.3. The molecular formula is C15H13Cl3O. The quantitative estimate of drug-likeness (QED) is 0.822. The smallest absolute Gasteiger partial charge is 0.0845 e. The SMILES string of the molecule is Cc1ccc(CC(O)c2ccc(Cl)cc2Cl)c(Cl)c1. The summed E-state index contributed by atoms with van der Waals surface area (Å²) in [5.41, 5.74) is 2.64. The van der Waals surface area contributed by atoms with Crippen LogP contribution in [0.25, 0.3) is 0 Å². The molecule has 2 aromatic rings. The summed E-state index contributed by atoms with van der Waals surface area (Å²) in [6.45, 7) is 1.97. The monoisotopic (exact) mass is 314 g/mol. The third-order valence-electron chi connectivity index (χ3n) is 2.94. The second-order valence-corrected chi connectivity index (χ2v) is 5.73. The summed E-state index contributed by atoms with van der Waals surface area (Å²) < 4.78 is 0. The summed E-state index contributed by atoms with van der Waals surface area (Å²) in [6.07, 6.45) is -0.287. The molecular weight excluding hydrogens is 303 g/mol. The highest BCUT2D eigenvalue weighted by atomic mass is 35.5. The maximum Gasteiger partial charge on any atom is 0.0845 e. The van der Waals surface area contributed by atoms with Crippen molar-refractivity contribution in [3.63, 3.8) is 0 Å². The molecule has 19 heavy (non-hydrogen) atoms. The minimum absolute atomic E-state index is 0.417. The lowest BCUT2D eigenvalue weighted by Gasteiger charge is -2.14. The Balaban J connectivity index is 2.23. The van der Waals surface area contributed by atoms with Gasteiger partial charge in [0, 0.05) is 21.5 Å². The van der Waals surface area contributed by atoms with Crippen molar-refractivity contribution in [2.75, 3.05) is 0 Å². The standard InChI is InChI=1S/C15H13Cl3O/c1-9-2-3-10(13(17)6-9)7-15(19)12-5-4-11(16)8-14(12)18/h2-6,8,15,19H,7H2,1H3. The molecule has 1 unspecified atom stereocenters. The van der Waals surface area contributed by atoms with E-state index in [4.69, 9.17) is 34.8 Å². The van der Waals surface area contributed by atoms with Crippen LogP contribution in [0.5, 0.6) is 0 Å². The molecule has 2 rings (SSSR count). The largest absolute Gasteiger partial charge is 0.388 e. The fraction of sp³-hybridized carbons (Fsp3) is 0.200. The molecule has 0 fully saturated rings. The van der Waals surface area contributed by atoms with E-state index in [0.29, 0.717) is 27.1 Å². The molecule has 1 nitrogen and oxygen atoms in total. The van der Waals surface area contributed by atoms with Crippen LogP contribution in [0.15, 0.2) is 36.4 Å². The number of aliphatic hydroxyl groups is 1. The minimum Gasteiger partial charge on any atom is -0.388 e. The van der Waals surface area contributed by atoms with Crippen molar-refractivity contribution < 1.29 is 5.11 Å². The van der Waals surface area contributed by atoms with Crippen molar-refractivity contribution >= 4 is 34.8 Å². The average molecular weight is 316 g/mol. The van der Waals surface area contributed by atoms with E-state index in [1.54, 1.807) is 18.2 Å². The van der Waals surface area contributed by atoms with Crippen LogP contribution in [0.3, 0.4) is 0 Å². The van der Waals surface area contributed by atoms with E-state index in [1.807, 2.05) is 25.1 Å². The Hall–Kier alpha value is -0.730. The number of hydrogen-bond donors (Lipinski definition) is 1. The Bertz CT molecular complexity index is 596. The lowest BCUT2D eigenvalue weighted by atomic mass is 10.0. The van der Waals surface area contributed by atoms with Gasteiger partial charge in [0.25, 0.3) is 0 Å². The van der Waals surface area contributed by atoms with E-state index in [9.17, 15) is 5.11 Å². The zero-order valence-corrected chi connectivity index (χ0v) is 12.6. The second kappa shape index (κ2) is 6.15. The van der Waals surface area contributed by atoms with Gasteiger partial charge in [-0.05, 0) is 41.8 Å². The topological polar surface area (TPSA) is 20.2 Å². The molecule has 0 saturated heterocycles. The molecule has 0 radical (unpaired) electrons. The van der Waals surface area contributed by atoms with Crippen molar-refractivity contribution in [2.24, 2.45) is 0 Å². The van der Waals surface area contributed by atoms with Gasteiger partial charge in [-0.25, -0.2) is 0 Å². The Morgan fingerprint density at radius 2 is 1.74 bits per heavy atom. The van der Waals surface area contributed by atoms with E-state index < -0.39 is 6.10 Å². The maximum absolute atomic E-state index is 10.3. The first-order valence-corrected chi connectivity index (χ1v) is 6.99. The lowest BCUT2D eigenvalue weighted by molar-refractivity contribution is 0.178. The van der Waals surface area contributed by atoms with Gasteiger partial charge in [-0.3, -0.25) is 0 Å². The highest BCUT2D eigenvalue weighted by molar-refractivity contribution is 6.35. The first-order chi connectivity index (χ1) is 8.97. The minimum atomic E-state index is -0.704. The Kier molecular flexibility index (Phi) is 4.75. The van der Waals surface area contributed by atoms with Gasteiger partial charge >= 0.3 is 0 Å². The molecule has 1 N–H and O–H groups in total. The lowest BCUT2D eigenvalue weighted by Crippen LogP contribution is -2.03. The highest BCUT2D eigenvalue weighted by Gasteiger charge is 2.14. The van der Waals surface area contributed by atoms with Crippen LogP contribution in [-0.4, -0.2) is 5.11 Å². The van der Waals surface area contributed by atoms with Crippen LogP contribution >= 0.6 is 34.8 Å². The molecule has 4 heteroatoms. The number of halogens is 3. The molecule has 0 aliphatic carbocycles. The molecule has 0 saturated carbocycles. The van der Waals surface area contributed by atoms with E-state index in [1.165, 1.54) is 0 Å². The van der Waals surface area contributed by atoms with Gasteiger partial charge in [-0.1, -0.05) is 53.0 Å². The van der Waals surface area contributed by atoms with Crippen LogP contribution in [0.4, 0.5) is 0 Å². The zero-order valence-electron chi connectivity index (χ0n) is 10.3. The fourth-order valence-electron chi connectivity index (χ4n) is 1.91. The van der Waals surface area contributed by atoms with E-state index >= 15 is 0 Å². The second-order valence-electron chi connectivity index (χ2n) is 4.48. The zero-order chi connectivity index (χ0) is 14.0. The molecule has 0 spiro atoms. The molecule has 0 bridgehead atoms. The van der Waals surface area contributed by atoms with Gasteiger partial charge in [0.1, 0.15) is 0 Å². The van der Waals surface area contributed by atoms with Crippen LogP contribution in [0.2, 0.25) is 15.1 Å². The molecule has 0 amide bonds. The summed E-state index contributed by atoms with van der Waals surface area (Å²) in [7, 11) is 0. The van der Waals surface area contributed by atoms with Crippen molar-refractivity contribution in [1.82, 2.24) is 0 Å². The summed E-state index contributed by atoms with van der Waals surface area (Å²) in [6, 6.07) is 10.8. The molecule has 100 valence electrons. The fourth-order valence-corrected chi connectivity index (χ4v) is 2.75. The van der Waals surface area contributed by atoms with Crippen LogP contribution in [0, 0.1) is 6.92 Å². The number of hydrogen-bond acceptors (Lipinski definition) is 1.